The standard InChI is InChI=1S/C19H19N3O2/c1-12-7-6-9-15(13(12)2)21-18(23)11-22-17-10-5-4-8-16(17)20-14(3)19(22)24/h4-10H,11H2,1-3H3,(H,21,23). The first-order chi connectivity index (χ1) is 11.5. The number of anilines is 1. The summed E-state index contributed by atoms with van der Waals surface area (Å²) in [4.78, 5) is 29.2. The molecule has 0 bridgehead atoms. The van der Waals surface area contributed by atoms with Gasteiger partial charge in [0.15, 0.2) is 0 Å². The monoisotopic (exact) mass is 321 g/mol. The minimum Gasteiger partial charge on any atom is -0.324 e. The zero-order chi connectivity index (χ0) is 17.3. The van der Waals surface area contributed by atoms with Crippen LogP contribution >= 0.6 is 0 Å². The van der Waals surface area contributed by atoms with Crippen LogP contribution in [0.5, 0.6) is 0 Å². The lowest BCUT2D eigenvalue weighted by Gasteiger charge is -2.13. The number of hydrogen-bond donors (Lipinski definition) is 1. The van der Waals surface area contributed by atoms with Gasteiger partial charge in [0.2, 0.25) is 5.91 Å². The topological polar surface area (TPSA) is 64.0 Å². The molecule has 0 aliphatic rings. The maximum absolute atomic E-state index is 12.5. The van der Waals surface area contributed by atoms with Gasteiger partial charge < -0.3 is 5.32 Å². The Morgan fingerprint density at radius 3 is 2.62 bits per heavy atom. The van der Waals surface area contributed by atoms with Crippen LogP contribution in [0.2, 0.25) is 0 Å². The van der Waals surface area contributed by atoms with Gasteiger partial charge in [-0.1, -0.05) is 24.3 Å². The first kappa shape index (κ1) is 15.9. The summed E-state index contributed by atoms with van der Waals surface area (Å²) in [5.74, 6) is -0.235. The molecule has 0 unspecified atom stereocenters. The van der Waals surface area contributed by atoms with E-state index in [1.807, 2.05) is 50.2 Å². The Morgan fingerprint density at radius 1 is 1.08 bits per heavy atom. The minimum absolute atomic E-state index is 0.0455. The van der Waals surface area contributed by atoms with Gasteiger partial charge in [0.25, 0.3) is 5.56 Å². The lowest BCUT2D eigenvalue weighted by molar-refractivity contribution is -0.116. The highest BCUT2D eigenvalue weighted by Gasteiger charge is 2.12. The summed E-state index contributed by atoms with van der Waals surface area (Å²) >= 11 is 0. The number of nitrogens with zero attached hydrogens (tertiary/aromatic N) is 2. The molecule has 1 amide bonds. The molecule has 3 aromatic rings. The number of benzene rings is 2. The van der Waals surface area contributed by atoms with E-state index in [2.05, 4.69) is 10.3 Å². The van der Waals surface area contributed by atoms with Gasteiger partial charge in [-0.15, -0.1) is 0 Å². The number of amides is 1. The van der Waals surface area contributed by atoms with Crippen LogP contribution in [-0.2, 0) is 11.3 Å². The molecule has 0 atom stereocenters. The third-order valence-electron chi connectivity index (χ3n) is 4.20. The molecule has 0 aliphatic carbocycles. The number of hydrogen-bond acceptors (Lipinski definition) is 3. The van der Waals surface area contributed by atoms with Gasteiger partial charge in [0, 0.05) is 5.69 Å². The fraction of sp³-hybridized carbons (Fsp3) is 0.211. The second-order valence-corrected chi connectivity index (χ2v) is 5.87. The van der Waals surface area contributed by atoms with Crippen LogP contribution < -0.4 is 10.9 Å². The number of carbonyl (C=O) groups is 1. The molecular weight excluding hydrogens is 302 g/mol. The van der Waals surface area contributed by atoms with Crippen molar-refractivity contribution in [3.05, 3.63) is 69.6 Å². The van der Waals surface area contributed by atoms with E-state index in [1.54, 1.807) is 13.0 Å². The van der Waals surface area contributed by atoms with Crippen LogP contribution in [-0.4, -0.2) is 15.5 Å². The van der Waals surface area contributed by atoms with E-state index < -0.39 is 0 Å². The van der Waals surface area contributed by atoms with Crippen molar-refractivity contribution in [3.63, 3.8) is 0 Å². The SMILES string of the molecule is Cc1cccc(NC(=O)Cn2c(=O)c(C)nc3ccccc32)c1C. The maximum atomic E-state index is 12.5. The molecule has 0 saturated heterocycles. The normalized spacial score (nSPS) is 10.8. The van der Waals surface area contributed by atoms with Gasteiger partial charge in [-0.2, -0.15) is 0 Å². The summed E-state index contributed by atoms with van der Waals surface area (Å²) in [7, 11) is 0. The first-order valence-corrected chi connectivity index (χ1v) is 7.79. The summed E-state index contributed by atoms with van der Waals surface area (Å²) < 4.78 is 1.47. The van der Waals surface area contributed by atoms with Crippen molar-refractivity contribution >= 4 is 22.6 Å². The van der Waals surface area contributed by atoms with Crippen LogP contribution in [0.4, 0.5) is 5.69 Å². The lowest BCUT2D eigenvalue weighted by Crippen LogP contribution is -2.30. The third kappa shape index (κ3) is 2.93. The minimum atomic E-state index is -0.246. The number of aromatic nitrogens is 2. The molecule has 0 aliphatic heterocycles. The molecule has 0 saturated carbocycles. The predicted molar refractivity (Wildman–Crippen MR) is 95.3 cm³/mol. The Morgan fingerprint density at radius 2 is 1.83 bits per heavy atom. The fourth-order valence-electron chi connectivity index (χ4n) is 2.70. The van der Waals surface area contributed by atoms with Gasteiger partial charge in [-0.05, 0) is 50.1 Å². The fourth-order valence-corrected chi connectivity index (χ4v) is 2.70. The van der Waals surface area contributed by atoms with Gasteiger partial charge in [-0.25, -0.2) is 4.98 Å². The average molecular weight is 321 g/mol. The van der Waals surface area contributed by atoms with Crippen LogP contribution in [0.1, 0.15) is 16.8 Å². The second kappa shape index (κ2) is 6.28. The van der Waals surface area contributed by atoms with E-state index in [4.69, 9.17) is 0 Å². The molecule has 5 heteroatoms. The van der Waals surface area contributed by atoms with Crippen LogP contribution in [0.3, 0.4) is 0 Å². The molecule has 122 valence electrons. The average Bonchev–Trinajstić information content (AvgIpc) is 2.56. The van der Waals surface area contributed by atoms with E-state index >= 15 is 0 Å². The maximum Gasteiger partial charge on any atom is 0.272 e. The van der Waals surface area contributed by atoms with E-state index in [0.717, 1.165) is 16.8 Å². The molecule has 3 rings (SSSR count). The number of para-hydroxylation sites is 2. The number of carbonyl (C=O) groups excluding carboxylic acids is 1. The van der Waals surface area contributed by atoms with Gasteiger partial charge >= 0.3 is 0 Å². The predicted octanol–water partition coefficient (Wildman–Crippen LogP) is 2.96. The molecule has 1 heterocycles. The van der Waals surface area contributed by atoms with Crippen molar-refractivity contribution < 1.29 is 4.79 Å². The van der Waals surface area contributed by atoms with Crippen LogP contribution in [0.25, 0.3) is 11.0 Å². The van der Waals surface area contributed by atoms with Gasteiger partial charge in [0.05, 0.1) is 11.0 Å². The number of rotatable bonds is 3. The lowest BCUT2D eigenvalue weighted by atomic mass is 10.1. The Labute approximate surface area is 140 Å². The summed E-state index contributed by atoms with van der Waals surface area (Å²) in [5.41, 5.74) is 4.39. The van der Waals surface area contributed by atoms with Crippen molar-refractivity contribution in [2.45, 2.75) is 27.3 Å². The van der Waals surface area contributed by atoms with E-state index in [9.17, 15) is 9.59 Å². The highest BCUT2D eigenvalue weighted by atomic mass is 16.2. The zero-order valence-corrected chi connectivity index (χ0v) is 14.0. The Bertz CT molecular complexity index is 990. The molecule has 0 fully saturated rings. The van der Waals surface area contributed by atoms with Crippen molar-refractivity contribution in [2.24, 2.45) is 0 Å². The molecular formula is C19H19N3O2. The molecule has 2 aromatic carbocycles. The van der Waals surface area contributed by atoms with E-state index in [1.165, 1.54) is 4.57 Å². The third-order valence-corrected chi connectivity index (χ3v) is 4.20. The summed E-state index contributed by atoms with van der Waals surface area (Å²) in [5, 5.41) is 2.89. The number of nitrogens with one attached hydrogen (secondary N) is 1. The zero-order valence-electron chi connectivity index (χ0n) is 14.0. The van der Waals surface area contributed by atoms with Crippen molar-refractivity contribution in [3.8, 4) is 0 Å². The van der Waals surface area contributed by atoms with Crippen molar-refractivity contribution in [1.82, 2.24) is 9.55 Å². The van der Waals surface area contributed by atoms with Gasteiger partial charge in [-0.3, -0.25) is 14.2 Å². The smallest absolute Gasteiger partial charge is 0.272 e. The van der Waals surface area contributed by atoms with E-state index in [0.29, 0.717) is 16.7 Å². The van der Waals surface area contributed by atoms with E-state index in [-0.39, 0.29) is 18.0 Å². The summed E-state index contributed by atoms with van der Waals surface area (Å²) in [6, 6.07) is 13.1. The Kier molecular flexibility index (Phi) is 4.16. The van der Waals surface area contributed by atoms with Crippen molar-refractivity contribution in [1.29, 1.82) is 0 Å². The van der Waals surface area contributed by atoms with Gasteiger partial charge in [0.1, 0.15) is 12.2 Å². The number of aryl methyl sites for hydroxylation is 2. The van der Waals surface area contributed by atoms with Crippen molar-refractivity contribution in [2.75, 3.05) is 5.32 Å². The largest absolute Gasteiger partial charge is 0.324 e. The number of fused-ring (bicyclic) bond motifs is 1. The summed E-state index contributed by atoms with van der Waals surface area (Å²) in [6.07, 6.45) is 0. The molecule has 0 radical (unpaired) electrons. The van der Waals surface area contributed by atoms with Crippen LogP contribution in [0.15, 0.2) is 47.3 Å². The molecule has 24 heavy (non-hydrogen) atoms. The highest BCUT2D eigenvalue weighted by Crippen LogP contribution is 2.18. The first-order valence-electron chi connectivity index (χ1n) is 7.79. The quantitative estimate of drug-likeness (QED) is 0.806. The summed E-state index contributed by atoms with van der Waals surface area (Å²) in [6.45, 7) is 5.57. The Hall–Kier alpha value is -2.95. The molecule has 1 aromatic heterocycles. The molecule has 1 N–H and O–H groups in total. The molecule has 5 nitrogen and oxygen atoms in total. The second-order valence-electron chi connectivity index (χ2n) is 5.87. The molecule has 0 spiro atoms. The Balaban J connectivity index is 1.95. The van der Waals surface area contributed by atoms with Crippen LogP contribution in [0, 0.1) is 20.8 Å². The highest BCUT2D eigenvalue weighted by molar-refractivity contribution is 5.92.